The highest BCUT2D eigenvalue weighted by molar-refractivity contribution is 6.05. The van der Waals surface area contributed by atoms with Crippen molar-refractivity contribution in [1.29, 1.82) is 0 Å². The predicted octanol–water partition coefficient (Wildman–Crippen LogP) is 1.11. The van der Waals surface area contributed by atoms with E-state index in [9.17, 15) is 9.59 Å². The van der Waals surface area contributed by atoms with Crippen molar-refractivity contribution in [3.63, 3.8) is 0 Å². The molecule has 1 fully saturated rings. The van der Waals surface area contributed by atoms with Crippen molar-refractivity contribution >= 4 is 11.8 Å². The van der Waals surface area contributed by atoms with Crippen molar-refractivity contribution < 1.29 is 14.3 Å². The van der Waals surface area contributed by atoms with E-state index in [0.717, 1.165) is 5.56 Å². The molecule has 1 atom stereocenters. The van der Waals surface area contributed by atoms with Gasteiger partial charge in [-0.15, -0.1) is 0 Å². The number of rotatable bonds is 6. The van der Waals surface area contributed by atoms with Crippen LogP contribution in [0.15, 0.2) is 18.3 Å². The molecule has 1 N–H and O–H groups in total. The number of carbonyl (C=O) groups excluding carboxylic acids is 2. The monoisotopic (exact) mass is 291 g/mol. The maximum Gasteiger partial charge on any atom is 0.246 e. The molecule has 6 heteroatoms. The lowest BCUT2D eigenvalue weighted by molar-refractivity contribution is -0.138. The van der Waals surface area contributed by atoms with Gasteiger partial charge in [0.15, 0.2) is 0 Å². The molecule has 2 heterocycles. The molecule has 0 radical (unpaired) electrons. The van der Waals surface area contributed by atoms with Crippen LogP contribution in [0.5, 0.6) is 5.88 Å². The SMILES string of the molecule is CCN1C(=O)CC(NCc2cccnc2OC(C)C)C1=O. The van der Waals surface area contributed by atoms with Gasteiger partial charge < -0.3 is 10.1 Å². The minimum atomic E-state index is -0.454. The van der Waals surface area contributed by atoms with Gasteiger partial charge in [0.1, 0.15) is 0 Å². The van der Waals surface area contributed by atoms with E-state index in [1.54, 1.807) is 13.1 Å². The van der Waals surface area contributed by atoms with Gasteiger partial charge in [-0.2, -0.15) is 0 Å². The Kier molecular flexibility index (Phi) is 4.90. The number of carbonyl (C=O) groups is 2. The largest absolute Gasteiger partial charge is 0.475 e. The topological polar surface area (TPSA) is 71.5 Å². The summed E-state index contributed by atoms with van der Waals surface area (Å²) in [6.07, 6.45) is 1.92. The number of pyridine rings is 1. The van der Waals surface area contributed by atoms with Crippen molar-refractivity contribution in [2.75, 3.05) is 6.54 Å². The normalized spacial score (nSPS) is 18.7. The van der Waals surface area contributed by atoms with Crippen molar-refractivity contribution in [3.05, 3.63) is 23.9 Å². The van der Waals surface area contributed by atoms with Gasteiger partial charge in [-0.05, 0) is 26.8 Å². The van der Waals surface area contributed by atoms with E-state index in [1.807, 2.05) is 26.0 Å². The first kappa shape index (κ1) is 15.4. The minimum absolute atomic E-state index is 0.0314. The average Bonchev–Trinajstić information content (AvgIpc) is 2.71. The number of likely N-dealkylation sites (tertiary alicyclic amines) is 1. The summed E-state index contributed by atoms with van der Waals surface area (Å²) in [6, 6.07) is 3.27. The second kappa shape index (κ2) is 6.67. The molecule has 1 aliphatic heterocycles. The lowest BCUT2D eigenvalue weighted by atomic mass is 10.2. The molecule has 6 nitrogen and oxygen atoms in total. The average molecular weight is 291 g/mol. The number of hydrogen-bond acceptors (Lipinski definition) is 5. The van der Waals surface area contributed by atoms with E-state index in [-0.39, 0.29) is 24.3 Å². The molecule has 2 rings (SSSR count). The molecular formula is C15H21N3O3. The Labute approximate surface area is 124 Å². The van der Waals surface area contributed by atoms with Crippen LogP contribution in [-0.2, 0) is 16.1 Å². The molecule has 0 spiro atoms. The van der Waals surface area contributed by atoms with E-state index in [2.05, 4.69) is 10.3 Å². The van der Waals surface area contributed by atoms with Crippen LogP contribution >= 0.6 is 0 Å². The van der Waals surface area contributed by atoms with Crippen LogP contribution < -0.4 is 10.1 Å². The zero-order valence-corrected chi connectivity index (χ0v) is 12.6. The zero-order chi connectivity index (χ0) is 15.4. The van der Waals surface area contributed by atoms with Gasteiger partial charge in [-0.3, -0.25) is 14.5 Å². The second-order valence-corrected chi connectivity index (χ2v) is 5.25. The predicted molar refractivity (Wildman–Crippen MR) is 77.6 cm³/mol. The van der Waals surface area contributed by atoms with Gasteiger partial charge in [0, 0.05) is 24.8 Å². The van der Waals surface area contributed by atoms with Gasteiger partial charge in [0.05, 0.1) is 18.6 Å². The number of nitrogens with zero attached hydrogens (tertiary/aromatic N) is 2. The molecule has 0 aliphatic carbocycles. The van der Waals surface area contributed by atoms with Crippen molar-refractivity contribution in [1.82, 2.24) is 15.2 Å². The smallest absolute Gasteiger partial charge is 0.246 e. The Balaban J connectivity index is 2.01. The van der Waals surface area contributed by atoms with Gasteiger partial charge in [-0.1, -0.05) is 6.07 Å². The third-order valence-corrected chi connectivity index (χ3v) is 3.30. The molecule has 2 amide bonds. The first-order valence-electron chi connectivity index (χ1n) is 7.21. The fraction of sp³-hybridized carbons (Fsp3) is 0.533. The molecule has 21 heavy (non-hydrogen) atoms. The van der Waals surface area contributed by atoms with E-state index < -0.39 is 6.04 Å². The number of ether oxygens (including phenoxy) is 1. The molecular weight excluding hydrogens is 270 g/mol. The Bertz CT molecular complexity index is 531. The maximum atomic E-state index is 12.0. The Morgan fingerprint density at radius 3 is 2.86 bits per heavy atom. The number of nitrogens with one attached hydrogen (secondary N) is 1. The lowest BCUT2D eigenvalue weighted by Crippen LogP contribution is -2.38. The number of imide groups is 1. The van der Waals surface area contributed by atoms with Crippen LogP contribution in [-0.4, -0.2) is 40.4 Å². The van der Waals surface area contributed by atoms with Crippen molar-refractivity contribution in [2.45, 2.75) is 45.9 Å². The van der Waals surface area contributed by atoms with Crippen LogP contribution in [0, 0.1) is 0 Å². The zero-order valence-electron chi connectivity index (χ0n) is 12.6. The second-order valence-electron chi connectivity index (χ2n) is 5.25. The number of hydrogen-bond donors (Lipinski definition) is 1. The first-order chi connectivity index (χ1) is 10.0. The van der Waals surface area contributed by atoms with E-state index in [4.69, 9.17) is 4.74 Å². The third-order valence-electron chi connectivity index (χ3n) is 3.30. The van der Waals surface area contributed by atoms with Crippen LogP contribution in [0.3, 0.4) is 0 Å². The molecule has 1 aliphatic rings. The van der Waals surface area contributed by atoms with Gasteiger partial charge in [0.2, 0.25) is 17.7 Å². The summed E-state index contributed by atoms with van der Waals surface area (Å²) < 4.78 is 5.64. The number of amides is 2. The highest BCUT2D eigenvalue weighted by atomic mass is 16.5. The molecule has 1 aromatic rings. The van der Waals surface area contributed by atoms with Crippen LogP contribution in [0.4, 0.5) is 0 Å². The summed E-state index contributed by atoms with van der Waals surface area (Å²) in [5.74, 6) is 0.284. The Morgan fingerprint density at radius 1 is 1.48 bits per heavy atom. The summed E-state index contributed by atoms with van der Waals surface area (Å²) in [5.41, 5.74) is 0.876. The number of aromatic nitrogens is 1. The summed E-state index contributed by atoms with van der Waals surface area (Å²) in [5, 5.41) is 3.12. The minimum Gasteiger partial charge on any atom is -0.475 e. The summed E-state index contributed by atoms with van der Waals surface area (Å²) in [4.78, 5) is 29.2. The first-order valence-corrected chi connectivity index (χ1v) is 7.21. The lowest BCUT2D eigenvalue weighted by Gasteiger charge is -2.15. The fourth-order valence-corrected chi connectivity index (χ4v) is 2.30. The molecule has 0 bridgehead atoms. The quantitative estimate of drug-likeness (QED) is 0.795. The Morgan fingerprint density at radius 2 is 2.24 bits per heavy atom. The van der Waals surface area contributed by atoms with Crippen LogP contribution in [0.2, 0.25) is 0 Å². The number of likely N-dealkylation sites (N-methyl/N-ethyl adjacent to an activating group) is 1. The van der Waals surface area contributed by atoms with Gasteiger partial charge >= 0.3 is 0 Å². The van der Waals surface area contributed by atoms with E-state index in [0.29, 0.717) is 19.0 Å². The summed E-state index contributed by atoms with van der Waals surface area (Å²) in [7, 11) is 0. The molecule has 1 saturated heterocycles. The molecule has 1 aromatic heterocycles. The van der Waals surface area contributed by atoms with Crippen LogP contribution in [0.1, 0.15) is 32.8 Å². The third kappa shape index (κ3) is 3.58. The fourth-order valence-electron chi connectivity index (χ4n) is 2.30. The molecule has 1 unspecified atom stereocenters. The molecule has 0 aromatic carbocycles. The van der Waals surface area contributed by atoms with Gasteiger partial charge in [0.25, 0.3) is 0 Å². The van der Waals surface area contributed by atoms with E-state index >= 15 is 0 Å². The van der Waals surface area contributed by atoms with Crippen molar-refractivity contribution in [3.8, 4) is 5.88 Å². The highest BCUT2D eigenvalue weighted by Gasteiger charge is 2.37. The maximum absolute atomic E-state index is 12.0. The highest BCUT2D eigenvalue weighted by Crippen LogP contribution is 2.18. The Hall–Kier alpha value is -1.95. The molecule has 0 saturated carbocycles. The summed E-state index contributed by atoms with van der Waals surface area (Å²) in [6.45, 7) is 6.53. The van der Waals surface area contributed by atoms with Crippen LogP contribution in [0.25, 0.3) is 0 Å². The summed E-state index contributed by atoms with van der Waals surface area (Å²) >= 11 is 0. The standard InChI is InChI=1S/C15H21N3O3/c1-4-18-13(19)8-12(15(18)20)17-9-11-6-5-7-16-14(11)21-10(2)3/h5-7,10,12,17H,4,8-9H2,1-3H3. The van der Waals surface area contributed by atoms with E-state index in [1.165, 1.54) is 4.90 Å². The van der Waals surface area contributed by atoms with Crippen molar-refractivity contribution in [2.24, 2.45) is 0 Å². The molecule has 114 valence electrons. The van der Waals surface area contributed by atoms with Gasteiger partial charge in [-0.25, -0.2) is 4.98 Å².